The third-order valence-electron chi connectivity index (χ3n) is 2.65. The van der Waals surface area contributed by atoms with Crippen molar-refractivity contribution in [2.24, 2.45) is 0 Å². The second-order valence-electron chi connectivity index (χ2n) is 5.65. The molecule has 1 aromatic rings. The quantitative estimate of drug-likeness (QED) is 0.785. The van der Waals surface area contributed by atoms with Gasteiger partial charge in [0, 0.05) is 0 Å². The smallest absolute Gasteiger partial charge is 0.123 e. The summed E-state index contributed by atoms with van der Waals surface area (Å²) < 4.78 is 11.7. The molecule has 0 heterocycles. The first-order valence-corrected chi connectivity index (χ1v) is 6.46. The van der Waals surface area contributed by atoms with Crippen LogP contribution in [0.3, 0.4) is 0 Å². The molecule has 2 heteroatoms. The van der Waals surface area contributed by atoms with Gasteiger partial charge in [0.25, 0.3) is 0 Å². The molecule has 2 nitrogen and oxygen atoms in total. The van der Waals surface area contributed by atoms with Crippen LogP contribution in [-0.2, 0) is 6.42 Å². The molecular formula is C15H22O2. The van der Waals surface area contributed by atoms with Crippen molar-refractivity contribution in [1.82, 2.24) is 0 Å². The summed E-state index contributed by atoms with van der Waals surface area (Å²) in [6.45, 7) is 8.34. The summed E-state index contributed by atoms with van der Waals surface area (Å²) in [4.78, 5) is 0. The average Bonchev–Trinajstić information content (AvgIpc) is 3.02. The van der Waals surface area contributed by atoms with Crippen molar-refractivity contribution >= 4 is 0 Å². The Morgan fingerprint density at radius 1 is 1.24 bits per heavy atom. The molecule has 1 aliphatic rings. The molecule has 1 aromatic carbocycles. The first-order chi connectivity index (χ1) is 7.98. The first kappa shape index (κ1) is 12.3. The maximum Gasteiger partial charge on any atom is 0.123 e. The van der Waals surface area contributed by atoms with E-state index in [4.69, 9.17) is 9.47 Å². The molecule has 0 unspecified atom stereocenters. The molecule has 0 radical (unpaired) electrons. The third kappa shape index (κ3) is 3.65. The molecule has 1 saturated carbocycles. The fourth-order valence-electron chi connectivity index (χ4n) is 1.73. The van der Waals surface area contributed by atoms with Crippen molar-refractivity contribution < 1.29 is 9.47 Å². The van der Waals surface area contributed by atoms with Gasteiger partial charge in [0.2, 0.25) is 0 Å². The molecular weight excluding hydrogens is 212 g/mol. The maximum atomic E-state index is 5.88. The van der Waals surface area contributed by atoms with E-state index in [-0.39, 0.29) is 5.60 Å². The summed E-state index contributed by atoms with van der Waals surface area (Å²) in [6, 6.07) is 6.14. The Morgan fingerprint density at radius 2 is 1.94 bits per heavy atom. The highest BCUT2D eigenvalue weighted by molar-refractivity contribution is 5.40. The van der Waals surface area contributed by atoms with Gasteiger partial charge in [-0.2, -0.15) is 0 Å². The lowest BCUT2D eigenvalue weighted by Gasteiger charge is -2.22. The van der Waals surface area contributed by atoms with Crippen molar-refractivity contribution in [2.45, 2.75) is 58.7 Å². The van der Waals surface area contributed by atoms with Crippen LogP contribution >= 0.6 is 0 Å². The Balaban J connectivity index is 2.14. The summed E-state index contributed by atoms with van der Waals surface area (Å²) in [5.74, 6) is 1.95. The largest absolute Gasteiger partial charge is 0.490 e. The van der Waals surface area contributed by atoms with Crippen molar-refractivity contribution in [2.75, 3.05) is 0 Å². The zero-order valence-corrected chi connectivity index (χ0v) is 11.2. The minimum Gasteiger partial charge on any atom is -0.490 e. The Morgan fingerprint density at radius 3 is 2.47 bits per heavy atom. The number of hydrogen-bond acceptors (Lipinski definition) is 2. The molecule has 1 aliphatic carbocycles. The van der Waals surface area contributed by atoms with Crippen LogP contribution in [0.2, 0.25) is 0 Å². The standard InChI is InChI=1S/C15H22O2/c1-5-11-10-13(17-15(2,3)4)8-9-14(11)16-12-6-7-12/h8-10,12H,5-7H2,1-4H3. The van der Waals surface area contributed by atoms with Crippen molar-refractivity contribution in [3.8, 4) is 11.5 Å². The van der Waals surface area contributed by atoms with Crippen LogP contribution in [0, 0.1) is 0 Å². The van der Waals surface area contributed by atoms with E-state index in [2.05, 4.69) is 33.8 Å². The molecule has 94 valence electrons. The summed E-state index contributed by atoms with van der Waals surface area (Å²) in [5.41, 5.74) is 1.09. The van der Waals surface area contributed by atoms with E-state index in [1.54, 1.807) is 0 Å². The van der Waals surface area contributed by atoms with Crippen molar-refractivity contribution in [3.05, 3.63) is 23.8 Å². The monoisotopic (exact) mass is 234 g/mol. The molecule has 17 heavy (non-hydrogen) atoms. The maximum absolute atomic E-state index is 5.88. The number of rotatable bonds is 4. The molecule has 0 amide bonds. The molecule has 0 aromatic heterocycles. The van der Waals surface area contributed by atoms with E-state index in [0.29, 0.717) is 6.10 Å². The van der Waals surface area contributed by atoms with Gasteiger partial charge >= 0.3 is 0 Å². The summed E-state index contributed by atoms with van der Waals surface area (Å²) >= 11 is 0. The fraction of sp³-hybridized carbons (Fsp3) is 0.600. The van der Waals surface area contributed by atoms with Gasteiger partial charge in [-0.1, -0.05) is 6.92 Å². The summed E-state index contributed by atoms with van der Waals surface area (Å²) in [5, 5.41) is 0. The van der Waals surface area contributed by atoms with Crippen LogP contribution < -0.4 is 9.47 Å². The van der Waals surface area contributed by atoms with E-state index in [9.17, 15) is 0 Å². The minimum atomic E-state index is -0.149. The number of aryl methyl sites for hydroxylation is 1. The highest BCUT2D eigenvalue weighted by Gasteiger charge is 2.24. The van der Waals surface area contributed by atoms with Gasteiger partial charge in [0.05, 0.1) is 6.10 Å². The third-order valence-corrected chi connectivity index (χ3v) is 2.65. The Bertz CT molecular complexity index is 386. The highest BCUT2D eigenvalue weighted by Crippen LogP contribution is 2.32. The Kier molecular flexibility index (Phi) is 3.32. The number of ether oxygens (including phenoxy) is 2. The molecule has 1 fully saturated rings. The SMILES string of the molecule is CCc1cc(OC(C)(C)C)ccc1OC1CC1. The van der Waals surface area contributed by atoms with Crippen molar-refractivity contribution in [3.63, 3.8) is 0 Å². The van der Waals surface area contributed by atoms with E-state index in [1.165, 1.54) is 18.4 Å². The second kappa shape index (κ2) is 4.59. The molecule has 0 spiro atoms. The molecule has 0 N–H and O–H groups in total. The van der Waals surface area contributed by atoms with E-state index in [1.807, 2.05) is 12.1 Å². The van der Waals surface area contributed by atoms with E-state index >= 15 is 0 Å². The number of benzene rings is 1. The van der Waals surface area contributed by atoms with Crippen LogP contribution in [-0.4, -0.2) is 11.7 Å². The van der Waals surface area contributed by atoms with Crippen LogP contribution in [0.5, 0.6) is 11.5 Å². The van der Waals surface area contributed by atoms with E-state index in [0.717, 1.165) is 17.9 Å². The van der Waals surface area contributed by atoms with Crippen LogP contribution in [0.4, 0.5) is 0 Å². The lowest BCUT2D eigenvalue weighted by atomic mass is 10.1. The van der Waals surface area contributed by atoms with Gasteiger partial charge < -0.3 is 9.47 Å². The normalized spacial score (nSPS) is 15.8. The fourth-order valence-corrected chi connectivity index (χ4v) is 1.73. The summed E-state index contributed by atoms with van der Waals surface area (Å²) in [6.07, 6.45) is 3.82. The lowest BCUT2D eigenvalue weighted by Crippen LogP contribution is -2.23. The Labute approximate surface area is 104 Å². The zero-order valence-electron chi connectivity index (χ0n) is 11.2. The van der Waals surface area contributed by atoms with E-state index < -0.39 is 0 Å². The second-order valence-corrected chi connectivity index (χ2v) is 5.65. The lowest BCUT2D eigenvalue weighted by molar-refractivity contribution is 0.130. The highest BCUT2D eigenvalue weighted by atomic mass is 16.5. The van der Waals surface area contributed by atoms with Gasteiger partial charge in [-0.25, -0.2) is 0 Å². The predicted molar refractivity (Wildman–Crippen MR) is 69.9 cm³/mol. The van der Waals surface area contributed by atoms with Gasteiger partial charge in [0.15, 0.2) is 0 Å². The van der Waals surface area contributed by atoms with Crippen molar-refractivity contribution in [1.29, 1.82) is 0 Å². The van der Waals surface area contributed by atoms with Gasteiger partial charge in [-0.05, 0) is 63.8 Å². The molecule has 0 bridgehead atoms. The molecule has 2 rings (SSSR count). The molecule has 0 aliphatic heterocycles. The molecule has 0 atom stereocenters. The Hall–Kier alpha value is -1.18. The van der Waals surface area contributed by atoms with Crippen LogP contribution in [0.1, 0.15) is 46.1 Å². The molecule has 0 saturated heterocycles. The van der Waals surface area contributed by atoms with Crippen LogP contribution in [0.15, 0.2) is 18.2 Å². The van der Waals surface area contributed by atoms with Crippen LogP contribution in [0.25, 0.3) is 0 Å². The first-order valence-electron chi connectivity index (χ1n) is 6.46. The van der Waals surface area contributed by atoms with Gasteiger partial charge in [-0.3, -0.25) is 0 Å². The topological polar surface area (TPSA) is 18.5 Å². The van der Waals surface area contributed by atoms with Gasteiger partial charge in [0.1, 0.15) is 17.1 Å². The number of hydrogen-bond donors (Lipinski definition) is 0. The van der Waals surface area contributed by atoms with Gasteiger partial charge in [-0.15, -0.1) is 0 Å². The average molecular weight is 234 g/mol. The predicted octanol–water partition coefficient (Wildman–Crippen LogP) is 3.97. The zero-order chi connectivity index (χ0) is 12.5. The minimum absolute atomic E-state index is 0.149. The summed E-state index contributed by atoms with van der Waals surface area (Å²) in [7, 11) is 0.